The Kier molecular flexibility index (Phi) is 4.27. The first kappa shape index (κ1) is 14.5. The molecule has 0 aromatic heterocycles. The van der Waals surface area contributed by atoms with Crippen molar-refractivity contribution < 1.29 is 14.3 Å². The fourth-order valence-electron chi connectivity index (χ4n) is 3.44. The highest BCUT2D eigenvalue weighted by atomic mass is 16.5. The van der Waals surface area contributed by atoms with Gasteiger partial charge in [0.1, 0.15) is 5.54 Å². The molecule has 21 heavy (non-hydrogen) atoms. The molecule has 1 heterocycles. The third kappa shape index (κ3) is 2.97. The van der Waals surface area contributed by atoms with E-state index in [9.17, 15) is 4.79 Å². The highest BCUT2D eigenvalue weighted by Crippen LogP contribution is 2.30. The molecule has 1 fully saturated rings. The van der Waals surface area contributed by atoms with Gasteiger partial charge in [-0.3, -0.25) is 10.1 Å². The Hall–Kier alpha value is -1.39. The van der Waals surface area contributed by atoms with Gasteiger partial charge in [-0.25, -0.2) is 0 Å². The second kappa shape index (κ2) is 6.16. The number of ether oxygens (including phenoxy) is 2. The van der Waals surface area contributed by atoms with Crippen molar-refractivity contribution in [1.29, 1.82) is 0 Å². The number of carbonyl (C=O) groups excluding carboxylic acids is 1. The number of carbonyl (C=O) groups is 1. The maximum Gasteiger partial charge on any atom is 0.326 e. The molecule has 2 atom stereocenters. The molecule has 1 aliphatic carbocycles. The molecule has 1 aliphatic heterocycles. The average Bonchev–Trinajstić information content (AvgIpc) is 3.05. The van der Waals surface area contributed by atoms with Gasteiger partial charge in [-0.1, -0.05) is 24.3 Å². The molecule has 1 aromatic rings. The van der Waals surface area contributed by atoms with Crippen LogP contribution in [0.25, 0.3) is 0 Å². The lowest BCUT2D eigenvalue weighted by Gasteiger charge is -2.37. The van der Waals surface area contributed by atoms with Crippen molar-refractivity contribution in [3.63, 3.8) is 0 Å². The first-order valence-electron chi connectivity index (χ1n) is 7.75. The van der Waals surface area contributed by atoms with E-state index in [1.165, 1.54) is 18.2 Å². The van der Waals surface area contributed by atoms with Crippen LogP contribution in [0.2, 0.25) is 0 Å². The van der Waals surface area contributed by atoms with Gasteiger partial charge in [0, 0.05) is 19.6 Å². The van der Waals surface area contributed by atoms with Gasteiger partial charge >= 0.3 is 5.97 Å². The molecule has 4 heteroatoms. The van der Waals surface area contributed by atoms with Crippen molar-refractivity contribution in [1.82, 2.24) is 5.32 Å². The van der Waals surface area contributed by atoms with Gasteiger partial charge in [0.15, 0.2) is 0 Å². The normalized spacial score (nSPS) is 28.1. The largest absolute Gasteiger partial charge is 0.468 e. The Labute approximate surface area is 125 Å². The second-order valence-corrected chi connectivity index (χ2v) is 6.04. The smallest absolute Gasteiger partial charge is 0.326 e. The van der Waals surface area contributed by atoms with E-state index >= 15 is 0 Å². The lowest BCUT2D eigenvalue weighted by Crippen LogP contribution is -2.57. The number of hydrogen-bond donors (Lipinski definition) is 1. The quantitative estimate of drug-likeness (QED) is 0.860. The number of hydrogen-bond acceptors (Lipinski definition) is 4. The van der Waals surface area contributed by atoms with E-state index in [0.29, 0.717) is 6.42 Å². The Morgan fingerprint density at radius 3 is 2.95 bits per heavy atom. The van der Waals surface area contributed by atoms with E-state index in [1.54, 1.807) is 0 Å². The van der Waals surface area contributed by atoms with Gasteiger partial charge in [0.2, 0.25) is 0 Å². The zero-order chi connectivity index (χ0) is 14.7. The summed E-state index contributed by atoms with van der Waals surface area (Å²) in [5, 5.41) is 3.47. The fourth-order valence-corrected chi connectivity index (χ4v) is 3.44. The molecule has 1 aromatic carbocycles. The highest BCUT2D eigenvalue weighted by molar-refractivity contribution is 5.81. The Balaban J connectivity index is 1.76. The Morgan fingerprint density at radius 1 is 1.43 bits per heavy atom. The third-order valence-electron chi connectivity index (χ3n) is 4.70. The van der Waals surface area contributed by atoms with Gasteiger partial charge in [-0.05, 0) is 36.8 Å². The molecule has 0 amide bonds. The molecule has 0 spiro atoms. The third-order valence-corrected chi connectivity index (χ3v) is 4.70. The summed E-state index contributed by atoms with van der Waals surface area (Å²) in [4.78, 5) is 12.4. The van der Waals surface area contributed by atoms with Crippen molar-refractivity contribution in [2.75, 3.05) is 20.3 Å². The first-order valence-corrected chi connectivity index (χ1v) is 7.75. The number of nitrogens with one attached hydrogen (secondary N) is 1. The summed E-state index contributed by atoms with van der Waals surface area (Å²) in [6.07, 6.45) is 4.79. The predicted octanol–water partition coefficient (Wildman–Crippen LogP) is 1.86. The fraction of sp³-hybridized carbons (Fsp3) is 0.588. The molecule has 1 saturated heterocycles. The SMILES string of the molecule is COC(=O)C1(NCC2CCCO2)CCc2ccccc2C1. The predicted molar refractivity (Wildman–Crippen MR) is 80.2 cm³/mol. The molecule has 4 nitrogen and oxygen atoms in total. The van der Waals surface area contributed by atoms with Crippen molar-refractivity contribution >= 4 is 5.97 Å². The molecule has 2 aliphatic rings. The van der Waals surface area contributed by atoms with Crippen molar-refractivity contribution in [3.05, 3.63) is 35.4 Å². The molecular formula is C17H23NO3. The number of rotatable bonds is 4. The van der Waals surface area contributed by atoms with Crippen LogP contribution in [0.4, 0.5) is 0 Å². The van der Waals surface area contributed by atoms with Crippen LogP contribution in [0.1, 0.15) is 30.4 Å². The van der Waals surface area contributed by atoms with Gasteiger partial charge in [0.25, 0.3) is 0 Å². The van der Waals surface area contributed by atoms with E-state index in [-0.39, 0.29) is 12.1 Å². The maximum atomic E-state index is 12.4. The van der Waals surface area contributed by atoms with Crippen LogP contribution in [0.15, 0.2) is 24.3 Å². The summed E-state index contributed by atoms with van der Waals surface area (Å²) in [5.41, 5.74) is 1.99. The second-order valence-electron chi connectivity index (χ2n) is 6.04. The number of fused-ring (bicyclic) bond motifs is 1. The van der Waals surface area contributed by atoms with E-state index in [2.05, 4.69) is 23.5 Å². The monoisotopic (exact) mass is 289 g/mol. The van der Waals surface area contributed by atoms with Gasteiger partial charge < -0.3 is 9.47 Å². The number of aryl methyl sites for hydroxylation is 1. The minimum absolute atomic E-state index is 0.157. The lowest BCUT2D eigenvalue weighted by molar-refractivity contribution is -0.149. The molecule has 0 bridgehead atoms. The number of esters is 1. The highest BCUT2D eigenvalue weighted by Gasteiger charge is 2.42. The van der Waals surface area contributed by atoms with Crippen molar-refractivity contribution in [2.24, 2.45) is 0 Å². The maximum absolute atomic E-state index is 12.4. The Bertz CT molecular complexity index is 511. The standard InChI is InChI=1S/C17H23NO3/c1-20-16(19)17(18-12-15-7-4-10-21-15)9-8-13-5-2-3-6-14(13)11-17/h2-3,5-6,15,18H,4,7-12H2,1H3. The van der Waals surface area contributed by atoms with Gasteiger partial charge in [-0.15, -0.1) is 0 Å². The molecule has 0 radical (unpaired) electrons. The van der Waals surface area contributed by atoms with Gasteiger partial charge in [0.05, 0.1) is 13.2 Å². The van der Waals surface area contributed by atoms with E-state index in [0.717, 1.165) is 38.8 Å². The van der Waals surface area contributed by atoms with Gasteiger partial charge in [-0.2, -0.15) is 0 Å². The minimum Gasteiger partial charge on any atom is -0.468 e. The zero-order valence-corrected chi connectivity index (χ0v) is 12.6. The molecule has 2 unspecified atom stereocenters. The van der Waals surface area contributed by atoms with E-state index in [4.69, 9.17) is 9.47 Å². The van der Waals surface area contributed by atoms with Crippen LogP contribution in [0.3, 0.4) is 0 Å². The topological polar surface area (TPSA) is 47.6 Å². The van der Waals surface area contributed by atoms with Crippen molar-refractivity contribution in [2.45, 2.75) is 43.7 Å². The molecule has 114 valence electrons. The summed E-state index contributed by atoms with van der Waals surface area (Å²) in [5.74, 6) is -0.157. The van der Waals surface area contributed by atoms with Crippen LogP contribution in [0, 0.1) is 0 Å². The summed E-state index contributed by atoms with van der Waals surface area (Å²) in [6.45, 7) is 1.55. The van der Waals surface area contributed by atoms with E-state index < -0.39 is 5.54 Å². The number of benzene rings is 1. The number of methoxy groups -OCH3 is 1. The molecule has 3 rings (SSSR count). The summed E-state index contributed by atoms with van der Waals surface area (Å²) >= 11 is 0. The summed E-state index contributed by atoms with van der Waals surface area (Å²) in [7, 11) is 1.47. The summed E-state index contributed by atoms with van der Waals surface area (Å²) in [6, 6.07) is 8.35. The molecule has 0 saturated carbocycles. The molecular weight excluding hydrogens is 266 g/mol. The lowest BCUT2D eigenvalue weighted by atomic mass is 9.77. The van der Waals surface area contributed by atoms with Crippen LogP contribution < -0.4 is 5.32 Å². The Morgan fingerprint density at radius 2 is 2.24 bits per heavy atom. The average molecular weight is 289 g/mol. The summed E-state index contributed by atoms with van der Waals surface area (Å²) < 4.78 is 10.7. The molecule has 1 N–H and O–H groups in total. The zero-order valence-electron chi connectivity index (χ0n) is 12.6. The van der Waals surface area contributed by atoms with Crippen LogP contribution in [-0.4, -0.2) is 37.9 Å². The van der Waals surface area contributed by atoms with Crippen LogP contribution in [0.5, 0.6) is 0 Å². The van der Waals surface area contributed by atoms with Crippen molar-refractivity contribution in [3.8, 4) is 0 Å². The minimum atomic E-state index is -0.602. The van der Waals surface area contributed by atoms with Crippen LogP contribution in [-0.2, 0) is 27.1 Å². The first-order chi connectivity index (χ1) is 10.2. The van der Waals surface area contributed by atoms with E-state index in [1.807, 2.05) is 6.07 Å². The van der Waals surface area contributed by atoms with Crippen LogP contribution >= 0.6 is 0 Å².